The van der Waals surface area contributed by atoms with Crippen molar-refractivity contribution in [1.82, 2.24) is 10.3 Å². The molecule has 0 saturated carbocycles. The maximum absolute atomic E-state index is 12.7. The zero-order valence-corrected chi connectivity index (χ0v) is 14.1. The zero-order valence-electron chi connectivity index (χ0n) is 14.1. The van der Waals surface area contributed by atoms with Crippen molar-refractivity contribution >= 4 is 11.6 Å². The minimum atomic E-state index is -0.110. The van der Waals surface area contributed by atoms with Gasteiger partial charge in [-0.2, -0.15) is 0 Å². The van der Waals surface area contributed by atoms with Gasteiger partial charge >= 0.3 is 0 Å². The van der Waals surface area contributed by atoms with E-state index in [1.54, 1.807) is 7.11 Å². The van der Waals surface area contributed by atoms with Gasteiger partial charge in [0.05, 0.1) is 18.4 Å². The highest BCUT2D eigenvalue weighted by atomic mass is 16.5. The number of rotatable bonds is 4. The lowest BCUT2D eigenvalue weighted by molar-refractivity contribution is 0.102. The van der Waals surface area contributed by atoms with Crippen LogP contribution in [0.2, 0.25) is 0 Å². The van der Waals surface area contributed by atoms with Crippen LogP contribution in [0.15, 0.2) is 36.4 Å². The number of pyridine rings is 1. The third-order valence-electron chi connectivity index (χ3n) is 4.38. The molecule has 126 valence electrons. The summed E-state index contributed by atoms with van der Waals surface area (Å²) in [7, 11) is 1.62. The first-order valence-corrected chi connectivity index (χ1v) is 8.31. The van der Waals surface area contributed by atoms with Crippen LogP contribution < -0.4 is 15.4 Å². The Morgan fingerprint density at radius 2 is 1.88 bits per heavy atom. The fourth-order valence-electron chi connectivity index (χ4n) is 3.05. The van der Waals surface area contributed by atoms with E-state index in [0.717, 1.165) is 48.8 Å². The Labute approximate surface area is 142 Å². The van der Waals surface area contributed by atoms with E-state index in [1.165, 1.54) is 0 Å². The van der Waals surface area contributed by atoms with Gasteiger partial charge in [0.2, 0.25) is 0 Å². The van der Waals surface area contributed by atoms with E-state index in [1.807, 2.05) is 43.3 Å². The fraction of sp³-hybridized carbons (Fsp3) is 0.368. The first kappa shape index (κ1) is 16.5. The lowest BCUT2D eigenvalue weighted by Gasteiger charge is -2.24. The number of anilines is 1. The van der Waals surface area contributed by atoms with Gasteiger partial charge in [0.1, 0.15) is 5.75 Å². The maximum Gasteiger partial charge on any atom is 0.257 e. The van der Waals surface area contributed by atoms with Crippen molar-refractivity contribution in [1.29, 1.82) is 0 Å². The fourth-order valence-corrected chi connectivity index (χ4v) is 3.05. The predicted molar refractivity (Wildman–Crippen MR) is 94.8 cm³/mol. The van der Waals surface area contributed by atoms with Gasteiger partial charge in [0.15, 0.2) is 0 Å². The molecule has 24 heavy (non-hydrogen) atoms. The topological polar surface area (TPSA) is 63.2 Å². The number of benzene rings is 1. The molecule has 0 atom stereocenters. The molecule has 3 rings (SSSR count). The highest BCUT2D eigenvalue weighted by molar-refractivity contribution is 6.05. The number of piperidine rings is 1. The molecule has 2 aromatic rings. The largest absolute Gasteiger partial charge is 0.497 e. The van der Waals surface area contributed by atoms with Gasteiger partial charge < -0.3 is 15.4 Å². The molecule has 1 aromatic heterocycles. The molecule has 0 bridgehead atoms. The van der Waals surface area contributed by atoms with Crippen LogP contribution in [0.25, 0.3) is 0 Å². The number of hydrogen-bond donors (Lipinski definition) is 2. The van der Waals surface area contributed by atoms with Crippen molar-refractivity contribution in [3.8, 4) is 5.75 Å². The van der Waals surface area contributed by atoms with E-state index in [9.17, 15) is 4.79 Å². The number of methoxy groups -OCH3 is 1. The highest BCUT2D eigenvalue weighted by Gasteiger charge is 2.23. The average molecular weight is 325 g/mol. The Morgan fingerprint density at radius 1 is 1.17 bits per heavy atom. The Morgan fingerprint density at radius 3 is 2.54 bits per heavy atom. The molecule has 1 amide bonds. The van der Waals surface area contributed by atoms with Gasteiger partial charge in [0.25, 0.3) is 5.91 Å². The molecule has 1 saturated heterocycles. The van der Waals surface area contributed by atoms with Crippen LogP contribution in [-0.2, 0) is 0 Å². The van der Waals surface area contributed by atoms with E-state index >= 15 is 0 Å². The second-order valence-corrected chi connectivity index (χ2v) is 6.09. The lowest BCUT2D eigenvalue weighted by atomic mass is 9.90. The standard InChI is InChI=1S/C19H23N3O2/c1-13-3-8-17(18(21-13)14-9-11-20-12-10-14)19(23)22-15-4-6-16(24-2)7-5-15/h3-8,14,20H,9-12H2,1-2H3,(H,22,23). The van der Waals surface area contributed by atoms with Crippen molar-refractivity contribution in [2.24, 2.45) is 0 Å². The molecule has 0 spiro atoms. The summed E-state index contributed by atoms with van der Waals surface area (Å²) in [5.74, 6) is 0.990. The third kappa shape index (κ3) is 3.74. The lowest BCUT2D eigenvalue weighted by Crippen LogP contribution is -2.28. The van der Waals surface area contributed by atoms with Gasteiger partial charge in [-0.1, -0.05) is 0 Å². The van der Waals surface area contributed by atoms with E-state index in [-0.39, 0.29) is 5.91 Å². The SMILES string of the molecule is COc1ccc(NC(=O)c2ccc(C)nc2C2CCNCC2)cc1. The summed E-state index contributed by atoms with van der Waals surface area (Å²) < 4.78 is 5.14. The number of nitrogens with zero attached hydrogens (tertiary/aromatic N) is 1. The Bertz CT molecular complexity index is 707. The summed E-state index contributed by atoms with van der Waals surface area (Å²) in [5.41, 5.74) is 3.29. The molecule has 5 nitrogen and oxygen atoms in total. The quantitative estimate of drug-likeness (QED) is 0.906. The molecule has 2 heterocycles. The summed E-state index contributed by atoms with van der Waals surface area (Å²) in [6.45, 7) is 3.91. The minimum absolute atomic E-state index is 0.110. The second-order valence-electron chi connectivity index (χ2n) is 6.09. The monoisotopic (exact) mass is 325 g/mol. The summed E-state index contributed by atoms with van der Waals surface area (Å²) >= 11 is 0. The van der Waals surface area contributed by atoms with Crippen LogP contribution in [0.4, 0.5) is 5.69 Å². The Balaban J connectivity index is 1.82. The minimum Gasteiger partial charge on any atom is -0.497 e. The molecule has 0 radical (unpaired) electrons. The van der Waals surface area contributed by atoms with E-state index in [2.05, 4.69) is 15.6 Å². The van der Waals surface area contributed by atoms with Gasteiger partial charge in [-0.25, -0.2) is 0 Å². The van der Waals surface area contributed by atoms with Crippen molar-refractivity contribution in [3.05, 3.63) is 53.3 Å². The number of hydrogen-bond acceptors (Lipinski definition) is 4. The first-order valence-electron chi connectivity index (χ1n) is 8.31. The number of nitrogens with one attached hydrogen (secondary N) is 2. The number of aryl methyl sites for hydroxylation is 1. The molecule has 1 aromatic carbocycles. The smallest absolute Gasteiger partial charge is 0.257 e. The van der Waals surface area contributed by atoms with Crippen LogP contribution in [0, 0.1) is 6.92 Å². The predicted octanol–water partition coefficient (Wildman–Crippen LogP) is 3.12. The molecule has 2 N–H and O–H groups in total. The number of ether oxygens (including phenoxy) is 1. The molecule has 5 heteroatoms. The highest BCUT2D eigenvalue weighted by Crippen LogP contribution is 2.27. The van der Waals surface area contributed by atoms with Crippen LogP contribution in [-0.4, -0.2) is 31.1 Å². The van der Waals surface area contributed by atoms with Crippen LogP contribution >= 0.6 is 0 Å². The van der Waals surface area contributed by atoms with Gasteiger partial charge in [-0.3, -0.25) is 9.78 Å². The molecule has 1 fully saturated rings. The zero-order chi connectivity index (χ0) is 16.9. The second kappa shape index (κ2) is 7.45. The molecule has 0 unspecified atom stereocenters. The van der Waals surface area contributed by atoms with Gasteiger partial charge in [-0.05, 0) is 69.3 Å². The third-order valence-corrected chi connectivity index (χ3v) is 4.38. The van der Waals surface area contributed by atoms with Crippen LogP contribution in [0.5, 0.6) is 5.75 Å². The number of carbonyl (C=O) groups excluding carboxylic acids is 1. The molecule has 0 aliphatic carbocycles. The molecule has 1 aliphatic rings. The summed E-state index contributed by atoms with van der Waals surface area (Å²) in [6.07, 6.45) is 2.03. The summed E-state index contributed by atoms with van der Waals surface area (Å²) in [6, 6.07) is 11.1. The van der Waals surface area contributed by atoms with E-state index < -0.39 is 0 Å². The van der Waals surface area contributed by atoms with Gasteiger partial charge in [0, 0.05) is 17.3 Å². The van der Waals surface area contributed by atoms with Crippen molar-refractivity contribution in [2.75, 3.05) is 25.5 Å². The number of aromatic nitrogens is 1. The average Bonchev–Trinajstić information content (AvgIpc) is 2.63. The number of carbonyl (C=O) groups is 1. The van der Waals surface area contributed by atoms with Crippen molar-refractivity contribution in [2.45, 2.75) is 25.7 Å². The summed E-state index contributed by atoms with van der Waals surface area (Å²) in [4.78, 5) is 17.4. The summed E-state index contributed by atoms with van der Waals surface area (Å²) in [5, 5.41) is 6.32. The van der Waals surface area contributed by atoms with Crippen LogP contribution in [0.3, 0.4) is 0 Å². The normalized spacial score (nSPS) is 15.1. The Hall–Kier alpha value is -2.40. The van der Waals surface area contributed by atoms with Crippen molar-refractivity contribution < 1.29 is 9.53 Å². The number of amides is 1. The first-order chi connectivity index (χ1) is 11.7. The molecular weight excluding hydrogens is 302 g/mol. The van der Waals surface area contributed by atoms with Crippen LogP contribution in [0.1, 0.15) is 40.5 Å². The Kier molecular flexibility index (Phi) is 5.11. The molecular formula is C19H23N3O2. The molecule has 1 aliphatic heterocycles. The van der Waals surface area contributed by atoms with E-state index in [4.69, 9.17) is 4.74 Å². The van der Waals surface area contributed by atoms with E-state index in [0.29, 0.717) is 11.5 Å². The van der Waals surface area contributed by atoms with Crippen molar-refractivity contribution in [3.63, 3.8) is 0 Å². The van der Waals surface area contributed by atoms with Gasteiger partial charge in [-0.15, -0.1) is 0 Å². The maximum atomic E-state index is 12.7.